The molecule has 1 aromatic carbocycles. The molecule has 2 aromatic rings. The molecule has 0 radical (unpaired) electrons. The second-order valence-electron chi connectivity index (χ2n) is 10.1. The Balaban J connectivity index is 1.46. The van der Waals surface area contributed by atoms with Crippen molar-refractivity contribution in [2.24, 2.45) is 4.40 Å². The molecule has 1 fully saturated rings. The van der Waals surface area contributed by atoms with Crippen molar-refractivity contribution < 1.29 is 26.7 Å². The maximum atomic E-state index is 13.5. The summed E-state index contributed by atoms with van der Waals surface area (Å²) in [5.41, 5.74) is 5.09. The van der Waals surface area contributed by atoms with Crippen molar-refractivity contribution in [2.75, 3.05) is 29.8 Å². The molecule has 3 aliphatic rings. The Kier molecular flexibility index (Phi) is 6.86. The van der Waals surface area contributed by atoms with Crippen molar-refractivity contribution >= 4 is 27.6 Å². The highest BCUT2D eigenvalue weighted by Gasteiger charge is 2.35. The van der Waals surface area contributed by atoms with Gasteiger partial charge in [-0.1, -0.05) is 6.07 Å². The first-order valence-electron chi connectivity index (χ1n) is 12.5. The van der Waals surface area contributed by atoms with Crippen LogP contribution in [-0.4, -0.2) is 61.5 Å². The number of halogens is 3. The number of fused-ring (bicyclic) bond motifs is 2. The second-order valence-corrected chi connectivity index (χ2v) is 11.5. The minimum Gasteiger partial charge on any atom is -0.845 e. The molecular formula is C24H30F3N6O3S-. The minimum atomic E-state index is -4.58. The number of alkyl halides is 3. The molecule has 0 saturated carbocycles. The Morgan fingerprint density at radius 1 is 1.16 bits per heavy atom. The van der Waals surface area contributed by atoms with Crippen LogP contribution >= 0.6 is 0 Å². The van der Waals surface area contributed by atoms with Crippen LogP contribution < -0.4 is 14.7 Å². The smallest absolute Gasteiger partial charge is 0.408 e. The van der Waals surface area contributed by atoms with Crippen molar-refractivity contribution in [2.45, 2.75) is 70.1 Å². The molecule has 5 rings (SSSR count). The maximum absolute atomic E-state index is 13.5. The van der Waals surface area contributed by atoms with E-state index in [0.717, 1.165) is 66.4 Å². The van der Waals surface area contributed by atoms with Gasteiger partial charge in [-0.25, -0.2) is 4.31 Å². The fraction of sp³-hybridized carbons (Fsp3) is 0.583. The first-order chi connectivity index (χ1) is 17.5. The van der Waals surface area contributed by atoms with E-state index in [4.69, 9.17) is 0 Å². The largest absolute Gasteiger partial charge is 0.845 e. The maximum Gasteiger partial charge on any atom is 0.408 e. The fourth-order valence-corrected chi connectivity index (χ4v) is 7.04. The Bertz CT molecular complexity index is 1270. The number of nitrogens with zero attached hydrogens (tertiary/aromatic N) is 5. The lowest BCUT2D eigenvalue weighted by Gasteiger charge is -2.36. The number of likely N-dealkylation sites (tertiary alicyclic amines) is 1. The summed E-state index contributed by atoms with van der Waals surface area (Å²) in [7, 11) is -2.67. The number of aromatic nitrogens is 2. The van der Waals surface area contributed by atoms with Crippen LogP contribution in [0.1, 0.15) is 47.9 Å². The third-order valence-corrected chi connectivity index (χ3v) is 8.79. The highest BCUT2D eigenvalue weighted by molar-refractivity contribution is 7.91. The van der Waals surface area contributed by atoms with Crippen molar-refractivity contribution in [1.82, 2.24) is 14.7 Å². The lowest BCUT2D eigenvalue weighted by Crippen LogP contribution is -2.47. The Morgan fingerprint density at radius 2 is 1.78 bits per heavy atom. The lowest BCUT2D eigenvalue weighted by atomic mass is 9.99. The van der Waals surface area contributed by atoms with Gasteiger partial charge in [-0.15, -0.1) is 4.40 Å². The van der Waals surface area contributed by atoms with Crippen molar-refractivity contribution in [3.63, 3.8) is 0 Å². The number of aryl methyl sites for hydroxylation is 2. The minimum absolute atomic E-state index is 0.0446. The number of benzene rings is 1. The molecule has 9 nitrogen and oxygen atoms in total. The van der Waals surface area contributed by atoms with Gasteiger partial charge in [-0.2, -0.15) is 26.7 Å². The molecular weight excluding hydrogens is 509 g/mol. The van der Waals surface area contributed by atoms with Gasteiger partial charge in [0.25, 0.3) is 0 Å². The number of amidine groups is 1. The topological polar surface area (TPSA) is 106 Å². The van der Waals surface area contributed by atoms with E-state index in [2.05, 4.69) is 20.9 Å². The van der Waals surface area contributed by atoms with Crippen LogP contribution in [0.4, 0.5) is 24.5 Å². The van der Waals surface area contributed by atoms with Gasteiger partial charge in [0.1, 0.15) is 6.54 Å². The van der Waals surface area contributed by atoms with E-state index in [9.17, 15) is 26.7 Å². The first kappa shape index (κ1) is 25.8. The predicted molar refractivity (Wildman–Crippen MR) is 132 cm³/mol. The number of hydrogen-bond acceptors (Lipinski definition) is 5. The summed E-state index contributed by atoms with van der Waals surface area (Å²) < 4.78 is 70.8. The Hall–Kier alpha value is -2.80. The highest BCUT2D eigenvalue weighted by Crippen LogP contribution is 2.38. The Labute approximate surface area is 214 Å². The number of rotatable bonds is 6. The monoisotopic (exact) mass is 539 g/mol. The molecule has 0 bridgehead atoms. The zero-order valence-corrected chi connectivity index (χ0v) is 21.4. The van der Waals surface area contributed by atoms with Gasteiger partial charge in [-0.05, 0) is 93.8 Å². The number of hydrogen-bond donors (Lipinski definition) is 1. The third-order valence-electron chi connectivity index (χ3n) is 7.39. The molecule has 1 N–H and O–H groups in total. The molecule has 1 aliphatic heterocycles. The summed E-state index contributed by atoms with van der Waals surface area (Å²) in [4.78, 5) is 2.04. The number of anilines is 2. The number of piperidine rings is 1. The zero-order valence-electron chi connectivity index (χ0n) is 20.6. The summed E-state index contributed by atoms with van der Waals surface area (Å²) in [6.07, 6.45) is 3.90. The standard InChI is InChI=1S/C24H31F3N6O3S/c1-31-10-8-18(9-11-31)33(19-13-28-32(14-19)15-24(25,26)27)37(35,36)30-23(34)29-22-20-6-2-4-16(20)12-17-5-3-7-21(17)22/h12-14,18H,2-11,15H2,1H3,(H2,29,30,34)/p-1. The van der Waals surface area contributed by atoms with Gasteiger partial charge < -0.3 is 15.3 Å². The SMILES string of the molecule is CN1CCC(N(c2cnn(CC(F)(F)F)c2)S(=O)(=O)/N=C(\[O-])Nc2c3c(cc4c2CCC4)CCC3)CC1. The van der Waals surface area contributed by atoms with Crippen molar-refractivity contribution in [1.29, 1.82) is 0 Å². The van der Waals surface area contributed by atoms with Crippen LogP contribution in [0.15, 0.2) is 22.9 Å². The van der Waals surface area contributed by atoms with Crippen LogP contribution in [0.5, 0.6) is 0 Å². The summed E-state index contributed by atoms with van der Waals surface area (Å²) in [6, 6.07) is 0.635. The van der Waals surface area contributed by atoms with Gasteiger partial charge in [0.2, 0.25) is 0 Å². The molecule has 0 atom stereocenters. The van der Waals surface area contributed by atoms with E-state index in [-0.39, 0.29) is 5.69 Å². The van der Waals surface area contributed by atoms with E-state index < -0.39 is 35.0 Å². The molecule has 0 amide bonds. The molecule has 2 aliphatic carbocycles. The molecule has 13 heteroatoms. The first-order valence-corrected chi connectivity index (χ1v) is 13.9. The van der Waals surface area contributed by atoms with Gasteiger partial charge in [-0.3, -0.25) is 4.68 Å². The molecule has 1 aromatic heterocycles. The average Bonchev–Trinajstić information content (AvgIpc) is 3.54. The second kappa shape index (κ2) is 9.82. The highest BCUT2D eigenvalue weighted by atomic mass is 32.2. The van der Waals surface area contributed by atoms with E-state index in [1.165, 1.54) is 11.1 Å². The van der Waals surface area contributed by atoms with Crippen molar-refractivity contribution in [3.8, 4) is 0 Å². The lowest BCUT2D eigenvalue weighted by molar-refractivity contribution is -0.213. The van der Waals surface area contributed by atoms with Gasteiger partial charge >= 0.3 is 16.4 Å². The van der Waals surface area contributed by atoms with Crippen LogP contribution in [0.2, 0.25) is 0 Å². The van der Waals surface area contributed by atoms with Crippen LogP contribution in [0.25, 0.3) is 0 Å². The quantitative estimate of drug-likeness (QED) is 0.447. The summed E-state index contributed by atoms with van der Waals surface area (Å²) >= 11 is 0. The molecule has 2 heterocycles. The summed E-state index contributed by atoms with van der Waals surface area (Å²) in [6.45, 7) is -0.153. The molecule has 0 unspecified atom stereocenters. The van der Waals surface area contributed by atoms with E-state index in [1.807, 2.05) is 11.9 Å². The van der Waals surface area contributed by atoms with E-state index in [1.54, 1.807) is 0 Å². The zero-order chi connectivity index (χ0) is 26.4. The van der Waals surface area contributed by atoms with E-state index >= 15 is 0 Å². The molecule has 0 spiro atoms. The van der Waals surface area contributed by atoms with Crippen LogP contribution in [0, 0.1) is 0 Å². The van der Waals surface area contributed by atoms with Crippen LogP contribution in [-0.2, 0) is 42.4 Å². The summed E-state index contributed by atoms with van der Waals surface area (Å²) in [5, 5.41) is 19.5. The van der Waals surface area contributed by atoms with Gasteiger partial charge in [0, 0.05) is 17.9 Å². The predicted octanol–water partition coefficient (Wildman–Crippen LogP) is 2.40. The molecule has 202 valence electrons. The molecule has 1 saturated heterocycles. The third kappa shape index (κ3) is 5.57. The van der Waals surface area contributed by atoms with Crippen LogP contribution in [0.3, 0.4) is 0 Å². The molecule has 37 heavy (non-hydrogen) atoms. The normalized spacial score (nSPS) is 19.2. The number of nitrogens with one attached hydrogen (secondary N) is 1. The van der Waals surface area contributed by atoms with Gasteiger partial charge in [0.15, 0.2) is 0 Å². The average molecular weight is 540 g/mol. The Morgan fingerprint density at radius 3 is 2.38 bits per heavy atom. The van der Waals surface area contributed by atoms with E-state index in [0.29, 0.717) is 36.3 Å². The summed E-state index contributed by atoms with van der Waals surface area (Å²) in [5.74, 6) is 0. The van der Waals surface area contributed by atoms with Gasteiger partial charge in [0.05, 0.1) is 17.9 Å². The van der Waals surface area contributed by atoms with Crippen molar-refractivity contribution in [3.05, 3.63) is 40.7 Å². The fourth-order valence-electron chi connectivity index (χ4n) is 5.74.